The van der Waals surface area contributed by atoms with Gasteiger partial charge >= 0.3 is 5.97 Å². The molecule has 1 N–H and O–H groups in total. The van der Waals surface area contributed by atoms with Gasteiger partial charge in [-0.15, -0.1) is 0 Å². The maximum Gasteiger partial charge on any atom is 0.315 e. The van der Waals surface area contributed by atoms with E-state index in [4.69, 9.17) is 9.84 Å². The summed E-state index contributed by atoms with van der Waals surface area (Å²) in [5, 5.41) is 8.82. The Bertz CT molecular complexity index is 733. The Hall–Kier alpha value is -2.47. The first-order valence-electron chi connectivity index (χ1n) is 8.10. The van der Waals surface area contributed by atoms with Crippen LogP contribution in [-0.4, -0.2) is 33.1 Å². The number of rotatable bonds is 7. The topological polar surface area (TPSA) is 66.8 Å². The van der Waals surface area contributed by atoms with Crippen LogP contribution in [0.2, 0.25) is 0 Å². The van der Waals surface area contributed by atoms with E-state index in [9.17, 15) is 9.59 Å². The molecule has 1 atom stereocenters. The van der Waals surface area contributed by atoms with Crippen LogP contribution in [0.4, 0.5) is 0 Å². The highest BCUT2D eigenvalue weighted by Crippen LogP contribution is 2.29. The van der Waals surface area contributed by atoms with Crippen LogP contribution < -0.4 is 4.74 Å². The molecule has 1 heterocycles. The molecule has 5 nitrogen and oxygen atoms in total. The van der Waals surface area contributed by atoms with Gasteiger partial charge in [0.05, 0.1) is 0 Å². The number of amides is 1. The fourth-order valence-corrected chi connectivity index (χ4v) is 3.67. The molecular weight excluding hydrogens is 338 g/mol. The highest BCUT2D eigenvalue weighted by Gasteiger charge is 2.32. The summed E-state index contributed by atoms with van der Waals surface area (Å²) in [5.74, 6) is 0.556. The molecule has 1 amide bonds. The summed E-state index contributed by atoms with van der Waals surface area (Å²) in [6, 6.07) is 17.4. The number of hydrogen-bond donors (Lipinski definition) is 1. The van der Waals surface area contributed by atoms with Crippen LogP contribution in [0, 0.1) is 0 Å². The summed E-state index contributed by atoms with van der Waals surface area (Å²) in [6.07, 6.45) is 1.95. The lowest BCUT2D eigenvalue weighted by Crippen LogP contribution is -2.29. The first-order valence-corrected chi connectivity index (χ1v) is 9.04. The molecule has 0 spiro atoms. The Balaban J connectivity index is 1.60. The highest BCUT2D eigenvalue weighted by molar-refractivity contribution is 7.98. The molecule has 1 aliphatic rings. The van der Waals surface area contributed by atoms with Gasteiger partial charge in [-0.1, -0.05) is 30.3 Å². The normalized spacial score (nSPS) is 16.9. The third-order valence-electron chi connectivity index (χ3n) is 3.97. The number of aliphatic carboxylic acids is 1. The number of hydrogen-bond acceptors (Lipinski definition) is 4. The maximum absolute atomic E-state index is 11.9. The van der Waals surface area contributed by atoms with Crippen molar-refractivity contribution in [3.8, 4) is 11.5 Å². The number of carboxylic acid groups (broad SMARTS) is 1. The van der Waals surface area contributed by atoms with Crippen LogP contribution in [0.1, 0.15) is 18.4 Å². The minimum atomic E-state index is -0.911. The molecule has 0 radical (unpaired) electrons. The molecular formula is C19H19NO4S. The summed E-state index contributed by atoms with van der Waals surface area (Å²) in [7, 11) is 0. The van der Waals surface area contributed by atoms with E-state index >= 15 is 0 Å². The predicted octanol–water partition coefficient (Wildman–Crippen LogP) is 3.75. The smallest absolute Gasteiger partial charge is 0.315 e. The van der Waals surface area contributed by atoms with E-state index in [0.29, 0.717) is 12.8 Å². The zero-order chi connectivity index (χ0) is 17.6. The lowest BCUT2D eigenvalue weighted by molar-refractivity contribution is -0.133. The first kappa shape index (κ1) is 17.4. The summed E-state index contributed by atoms with van der Waals surface area (Å²) < 4.78 is 7.40. The molecule has 0 aliphatic carbocycles. The van der Waals surface area contributed by atoms with Crippen LogP contribution in [0.5, 0.6) is 11.5 Å². The molecule has 3 rings (SSSR count). The molecule has 6 heteroatoms. The second kappa shape index (κ2) is 8.07. The van der Waals surface area contributed by atoms with Crippen molar-refractivity contribution in [2.45, 2.75) is 25.3 Å². The third-order valence-corrected chi connectivity index (χ3v) is 5.13. The van der Waals surface area contributed by atoms with Crippen molar-refractivity contribution in [3.63, 3.8) is 0 Å². The molecule has 2 aromatic carbocycles. The summed E-state index contributed by atoms with van der Waals surface area (Å²) in [4.78, 5) is 22.7. The zero-order valence-corrected chi connectivity index (χ0v) is 14.4. The van der Waals surface area contributed by atoms with Crippen molar-refractivity contribution in [2.75, 3.05) is 5.75 Å². The van der Waals surface area contributed by atoms with Crippen molar-refractivity contribution < 1.29 is 19.4 Å². The fourth-order valence-electron chi connectivity index (χ4n) is 2.80. The van der Waals surface area contributed by atoms with Crippen LogP contribution in [0.25, 0.3) is 0 Å². The van der Waals surface area contributed by atoms with Gasteiger partial charge in [0.1, 0.15) is 17.3 Å². The van der Waals surface area contributed by atoms with Crippen molar-refractivity contribution >= 4 is 23.8 Å². The van der Waals surface area contributed by atoms with Crippen LogP contribution >= 0.6 is 11.9 Å². The third kappa shape index (κ3) is 4.76. The van der Waals surface area contributed by atoms with Gasteiger partial charge in [-0.25, -0.2) is 0 Å². The Labute approximate surface area is 150 Å². The van der Waals surface area contributed by atoms with E-state index in [-0.39, 0.29) is 17.7 Å². The Kier molecular flexibility index (Phi) is 5.60. The van der Waals surface area contributed by atoms with Crippen LogP contribution in [0.3, 0.4) is 0 Å². The fraction of sp³-hybridized carbons (Fsp3) is 0.263. The molecule has 1 aliphatic heterocycles. The van der Waals surface area contributed by atoms with Gasteiger partial charge in [0.15, 0.2) is 0 Å². The minimum absolute atomic E-state index is 0.0141. The quantitative estimate of drug-likeness (QED) is 0.765. The highest BCUT2D eigenvalue weighted by atomic mass is 32.2. The van der Waals surface area contributed by atoms with Gasteiger partial charge in [0.2, 0.25) is 5.91 Å². The zero-order valence-electron chi connectivity index (χ0n) is 13.6. The van der Waals surface area contributed by atoms with Gasteiger partial charge in [-0.05, 0) is 54.6 Å². The molecule has 25 heavy (non-hydrogen) atoms. The van der Waals surface area contributed by atoms with Crippen molar-refractivity contribution in [1.82, 2.24) is 4.31 Å². The van der Waals surface area contributed by atoms with Gasteiger partial charge in [-0.2, -0.15) is 0 Å². The first-order chi connectivity index (χ1) is 12.1. The Morgan fingerprint density at radius 3 is 2.48 bits per heavy atom. The summed E-state index contributed by atoms with van der Waals surface area (Å²) in [5.41, 5.74) is 1.10. The van der Waals surface area contributed by atoms with E-state index < -0.39 is 5.97 Å². The van der Waals surface area contributed by atoms with Crippen LogP contribution in [-0.2, 0) is 16.0 Å². The number of carboxylic acids is 1. The van der Waals surface area contributed by atoms with E-state index in [1.807, 2.05) is 54.6 Å². The number of carbonyl (C=O) groups is 2. The standard InChI is InChI=1S/C19H19NO4S/c21-18-11-8-15(20(18)25-13-19(22)23)12-14-6-9-17(10-7-14)24-16-4-2-1-3-5-16/h1-7,9-10,15H,8,11-13H2,(H,22,23)/t15-/m1/s1. The van der Waals surface area contributed by atoms with Gasteiger partial charge in [0, 0.05) is 12.5 Å². The molecule has 0 aromatic heterocycles. The SMILES string of the molecule is O=C(O)CSN1C(=O)CC[C@@H]1Cc1ccc(Oc2ccccc2)cc1. The molecule has 130 valence electrons. The van der Waals surface area contributed by atoms with E-state index in [0.717, 1.165) is 35.4 Å². The summed E-state index contributed by atoms with van der Waals surface area (Å²) in [6.45, 7) is 0. The molecule has 0 unspecified atom stereocenters. The molecule has 1 fully saturated rings. The number of para-hydroxylation sites is 1. The molecule has 0 saturated carbocycles. The largest absolute Gasteiger partial charge is 0.481 e. The van der Waals surface area contributed by atoms with Gasteiger partial charge in [-0.3, -0.25) is 13.9 Å². The number of benzene rings is 2. The number of nitrogens with zero attached hydrogens (tertiary/aromatic N) is 1. The maximum atomic E-state index is 11.9. The number of ether oxygens (including phenoxy) is 1. The lowest BCUT2D eigenvalue weighted by atomic mass is 10.0. The predicted molar refractivity (Wildman–Crippen MR) is 96.6 cm³/mol. The second-order valence-corrected chi connectivity index (χ2v) is 6.78. The van der Waals surface area contributed by atoms with Crippen LogP contribution in [0.15, 0.2) is 54.6 Å². The van der Waals surface area contributed by atoms with Gasteiger partial charge in [0.25, 0.3) is 0 Å². The lowest BCUT2D eigenvalue weighted by Gasteiger charge is -2.22. The molecule has 1 saturated heterocycles. The average molecular weight is 357 g/mol. The monoisotopic (exact) mass is 357 g/mol. The van der Waals surface area contributed by atoms with Crippen molar-refractivity contribution in [3.05, 3.63) is 60.2 Å². The van der Waals surface area contributed by atoms with E-state index in [1.54, 1.807) is 4.31 Å². The van der Waals surface area contributed by atoms with E-state index in [2.05, 4.69) is 0 Å². The average Bonchev–Trinajstić information content (AvgIpc) is 2.95. The Morgan fingerprint density at radius 2 is 1.80 bits per heavy atom. The van der Waals surface area contributed by atoms with Crippen molar-refractivity contribution in [1.29, 1.82) is 0 Å². The molecule has 0 bridgehead atoms. The van der Waals surface area contributed by atoms with E-state index in [1.165, 1.54) is 0 Å². The second-order valence-electron chi connectivity index (χ2n) is 5.84. The minimum Gasteiger partial charge on any atom is -0.481 e. The van der Waals surface area contributed by atoms with Gasteiger partial charge < -0.3 is 9.84 Å². The summed E-state index contributed by atoms with van der Waals surface area (Å²) >= 11 is 1.09. The number of carbonyl (C=O) groups excluding carboxylic acids is 1. The molecule has 2 aromatic rings. The Morgan fingerprint density at radius 1 is 1.12 bits per heavy atom. The van der Waals surface area contributed by atoms with Crippen molar-refractivity contribution in [2.24, 2.45) is 0 Å².